The standard InChI is InChI=1S/C16H13N3O/c20-16-10-9-15(11-5-1-2-6-12(11)16)19-17-13-7-3-4-8-14(13)18-19/h1-8,15H,9-10H2. The highest BCUT2D eigenvalue weighted by molar-refractivity contribution is 5.98. The van der Waals surface area contributed by atoms with Crippen molar-refractivity contribution < 1.29 is 4.79 Å². The van der Waals surface area contributed by atoms with Gasteiger partial charge in [0.2, 0.25) is 0 Å². The van der Waals surface area contributed by atoms with Crippen molar-refractivity contribution in [1.29, 1.82) is 0 Å². The fourth-order valence-electron chi connectivity index (χ4n) is 2.86. The van der Waals surface area contributed by atoms with E-state index in [-0.39, 0.29) is 11.8 Å². The van der Waals surface area contributed by atoms with Crippen molar-refractivity contribution in [3.63, 3.8) is 0 Å². The molecular formula is C16H13N3O. The number of fused-ring (bicyclic) bond motifs is 2. The van der Waals surface area contributed by atoms with E-state index in [4.69, 9.17) is 0 Å². The number of benzene rings is 2. The van der Waals surface area contributed by atoms with Crippen LogP contribution in [0, 0.1) is 0 Å². The summed E-state index contributed by atoms with van der Waals surface area (Å²) in [6, 6.07) is 15.7. The minimum Gasteiger partial charge on any atom is -0.294 e. The third-order valence-corrected chi connectivity index (χ3v) is 3.85. The number of Topliss-reactive ketones (excluding diaryl/α,β-unsaturated/α-hetero) is 1. The third kappa shape index (κ3) is 1.65. The topological polar surface area (TPSA) is 47.8 Å². The predicted molar refractivity (Wildman–Crippen MR) is 75.7 cm³/mol. The number of nitrogens with zero attached hydrogens (tertiary/aromatic N) is 3. The molecule has 1 aliphatic rings. The quantitative estimate of drug-likeness (QED) is 0.678. The van der Waals surface area contributed by atoms with E-state index >= 15 is 0 Å². The van der Waals surface area contributed by atoms with Gasteiger partial charge in [0, 0.05) is 12.0 Å². The summed E-state index contributed by atoms with van der Waals surface area (Å²) < 4.78 is 0. The molecule has 1 unspecified atom stereocenters. The Morgan fingerprint density at radius 3 is 2.35 bits per heavy atom. The van der Waals surface area contributed by atoms with Crippen molar-refractivity contribution in [3.05, 3.63) is 59.7 Å². The van der Waals surface area contributed by atoms with Crippen molar-refractivity contribution in [2.24, 2.45) is 0 Å². The lowest BCUT2D eigenvalue weighted by atomic mass is 9.87. The predicted octanol–water partition coefficient (Wildman–Crippen LogP) is 3.00. The second kappa shape index (κ2) is 4.27. The number of aromatic nitrogens is 3. The average molecular weight is 263 g/mol. The molecule has 0 saturated heterocycles. The summed E-state index contributed by atoms with van der Waals surface area (Å²) in [6.45, 7) is 0. The first kappa shape index (κ1) is 11.3. The van der Waals surface area contributed by atoms with Crippen LogP contribution in [0.4, 0.5) is 0 Å². The van der Waals surface area contributed by atoms with E-state index in [0.29, 0.717) is 6.42 Å². The fourth-order valence-corrected chi connectivity index (χ4v) is 2.86. The Hall–Kier alpha value is -2.49. The highest BCUT2D eigenvalue weighted by Crippen LogP contribution is 2.32. The van der Waals surface area contributed by atoms with Gasteiger partial charge in [0.25, 0.3) is 0 Å². The van der Waals surface area contributed by atoms with Gasteiger partial charge in [-0.15, -0.1) is 0 Å². The van der Waals surface area contributed by atoms with Gasteiger partial charge in [0.05, 0.1) is 6.04 Å². The number of ketones is 1. The summed E-state index contributed by atoms with van der Waals surface area (Å²) in [5.74, 6) is 0.216. The lowest BCUT2D eigenvalue weighted by molar-refractivity contribution is 0.0962. The smallest absolute Gasteiger partial charge is 0.163 e. The Kier molecular flexibility index (Phi) is 2.42. The van der Waals surface area contributed by atoms with Crippen molar-refractivity contribution in [2.45, 2.75) is 18.9 Å². The zero-order valence-corrected chi connectivity index (χ0v) is 10.9. The third-order valence-electron chi connectivity index (χ3n) is 3.85. The Morgan fingerprint density at radius 2 is 1.60 bits per heavy atom. The lowest BCUT2D eigenvalue weighted by Gasteiger charge is -2.23. The second-order valence-corrected chi connectivity index (χ2v) is 5.07. The van der Waals surface area contributed by atoms with Crippen LogP contribution < -0.4 is 0 Å². The van der Waals surface area contributed by atoms with E-state index in [1.165, 1.54) is 0 Å². The summed E-state index contributed by atoms with van der Waals surface area (Å²) >= 11 is 0. The molecule has 1 atom stereocenters. The number of carbonyl (C=O) groups excluding carboxylic acids is 1. The van der Waals surface area contributed by atoms with Crippen molar-refractivity contribution in [1.82, 2.24) is 15.0 Å². The summed E-state index contributed by atoms with van der Waals surface area (Å²) in [6.07, 6.45) is 1.32. The number of hydrogen-bond acceptors (Lipinski definition) is 3. The molecule has 0 radical (unpaired) electrons. The van der Waals surface area contributed by atoms with Gasteiger partial charge in [0.15, 0.2) is 5.78 Å². The highest BCUT2D eigenvalue weighted by Gasteiger charge is 2.27. The maximum Gasteiger partial charge on any atom is 0.163 e. The molecule has 0 spiro atoms. The highest BCUT2D eigenvalue weighted by atomic mass is 16.1. The fraction of sp³-hybridized carbons (Fsp3) is 0.188. The van der Waals surface area contributed by atoms with E-state index in [1.807, 2.05) is 48.5 Å². The molecule has 0 saturated carbocycles. The number of carbonyl (C=O) groups is 1. The van der Waals surface area contributed by atoms with Gasteiger partial charge in [0.1, 0.15) is 11.0 Å². The molecule has 0 N–H and O–H groups in total. The van der Waals surface area contributed by atoms with Gasteiger partial charge in [-0.1, -0.05) is 36.4 Å². The van der Waals surface area contributed by atoms with E-state index in [2.05, 4.69) is 10.2 Å². The van der Waals surface area contributed by atoms with Crippen LogP contribution in [-0.2, 0) is 0 Å². The van der Waals surface area contributed by atoms with E-state index in [0.717, 1.165) is 28.6 Å². The lowest BCUT2D eigenvalue weighted by Crippen LogP contribution is -2.22. The van der Waals surface area contributed by atoms with Gasteiger partial charge in [-0.05, 0) is 24.1 Å². The summed E-state index contributed by atoms with van der Waals surface area (Å²) in [5, 5.41) is 9.11. The second-order valence-electron chi connectivity index (χ2n) is 5.07. The van der Waals surface area contributed by atoms with Gasteiger partial charge in [-0.25, -0.2) is 0 Å². The van der Waals surface area contributed by atoms with Crippen LogP contribution in [0.1, 0.15) is 34.8 Å². The monoisotopic (exact) mass is 263 g/mol. The Balaban J connectivity index is 1.86. The van der Waals surface area contributed by atoms with Gasteiger partial charge >= 0.3 is 0 Å². The molecular weight excluding hydrogens is 250 g/mol. The molecule has 4 heteroatoms. The summed E-state index contributed by atoms with van der Waals surface area (Å²) in [5.41, 5.74) is 3.62. The Morgan fingerprint density at radius 1 is 0.950 bits per heavy atom. The molecule has 4 nitrogen and oxygen atoms in total. The molecule has 1 aliphatic carbocycles. The van der Waals surface area contributed by atoms with Crippen LogP contribution in [0.2, 0.25) is 0 Å². The maximum absolute atomic E-state index is 12.0. The molecule has 2 aromatic carbocycles. The molecule has 3 aromatic rings. The van der Waals surface area contributed by atoms with Gasteiger partial charge in [-0.3, -0.25) is 4.79 Å². The normalized spacial score (nSPS) is 18.2. The van der Waals surface area contributed by atoms with Gasteiger partial charge < -0.3 is 0 Å². The summed E-state index contributed by atoms with van der Waals surface area (Å²) in [7, 11) is 0. The molecule has 4 rings (SSSR count). The first-order valence-electron chi connectivity index (χ1n) is 6.76. The number of rotatable bonds is 1. The molecule has 0 amide bonds. The molecule has 98 valence electrons. The van der Waals surface area contributed by atoms with E-state index in [9.17, 15) is 4.79 Å². The van der Waals surface area contributed by atoms with Crippen LogP contribution >= 0.6 is 0 Å². The molecule has 0 fully saturated rings. The minimum absolute atomic E-state index is 0.0521. The van der Waals surface area contributed by atoms with Crippen LogP contribution in [0.5, 0.6) is 0 Å². The largest absolute Gasteiger partial charge is 0.294 e. The zero-order chi connectivity index (χ0) is 13.5. The van der Waals surface area contributed by atoms with Crippen molar-refractivity contribution in [2.75, 3.05) is 0 Å². The van der Waals surface area contributed by atoms with Gasteiger partial charge in [-0.2, -0.15) is 15.0 Å². The summed E-state index contributed by atoms with van der Waals surface area (Å²) in [4.78, 5) is 13.7. The van der Waals surface area contributed by atoms with Crippen LogP contribution in [0.15, 0.2) is 48.5 Å². The first-order chi connectivity index (χ1) is 9.83. The molecule has 20 heavy (non-hydrogen) atoms. The van der Waals surface area contributed by atoms with Crippen LogP contribution in [-0.4, -0.2) is 20.8 Å². The first-order valence-corrected chi connectivity index (χ1v) is 6.76. The molecule has 1 heterocycles. The Labute approximate surface area is 116 Å². The van der Waals surface area contributed by atoms with Crippen LogP contribution in [0.3, 0.4) is 0 Å². The van der Waals surface area contributed by atoms with Crippen molar-refractivity contribution >= 4 is 16.8 Å². The molecule has 1 aromatic heterocycles. The van der Waals surface area contributed by atoms with E-state index in [1.54, 1.807) is 4.80 Å². The zero-order valence-electron chi connectivity index (χ0n) is 10.9. The molecule has 0 bridgehead atoms. The Bertz CT molecular complexity index is 773. The average Bonchev–Trinajstić information content (AvgIpc) is 2.91. The van der Waals surface area contributed by atoms with Crippen molar-refractivity contribution in [3.8, 4) is 0 Å². The SMILES string of the molecule is O=C1CCC(n2nc3ccccc3n2)c2ccccc21. The minimum atomic E-state index is 0.0521. The number of hydrogen-bond donors (Lipinski definition) is 0. The van der Waals surface area contributed by atoms with E-state index < -0.39 is 0 Å². The maximum atomic E-state index is 12.0. The van der Waals surface area contributed by atoms with Crippen LogP contribution in [0.25, 0.3) is 11.0 Å². The molecule has 0 aliphatic heterocycles.